The van der Waals surface area contributed by atoms with E-state index in [1.54, 1.807) is 0 Å². The lowest BCUT2D eigenvalue weighted by Crippen LogP contribution is -2.03. The Morgan fingerprint density at radius 2 is 1.43 bits per heavy atom. The summed E-state index contributed by atoms with van der Waals surface area (Å²) in [6, 6.07) is 26.4. The molecule has 0 heterocycles. The molecule has 23 heavy (non-hydrogen) atoms. The summed E-state index contributed by atoms with van der Waals surface area (Å²) in [5, 5.41) is 0. The molecule has 0 saturated carbocycles. The first kappa shape index (κ1) is 15.6. The van der Waals surface area contributed by atoms with E-state index in [2.05, 4.69) is 93.6 Å². The largest absolute Gasteiger partial charge is 0.0645 e. The molecule has 0 nitrogen and oxygen atoms in total. The van der Waals surface area contributed by atoms with Gasteiger partial charge in [0, 0.05) is 5.92 Å². The SMILES string of the molecule is CCC(c1ccccc1)c1cc(C)ccc1-c1ccccc1C. The van der Waals surface area contributed by atoms with Crippen molar-refractivity contribution in [2.45, 2.75) is 33.1 Å². The Hall–Kier alpha value is -2.34. The molecule has 1 unspecified atom stereocenters. The molecule has 116 valence electrons. The molecule has 0 bridgehead atoms. The Balaban J connectivity index is 2.18. The van der Waals surface area contributed by atoms with Gasteiger partial charge in [-0.3, -0.25) is 0 Å². The minimum atomic E-state index is 0.436. The van der Waals surface area contributed by atoms with Crippen molar-refractivity contribution in [3.8, 4) is 11.1 Å². The molecule has 0 aliphatic rings. The van der Waals surface area contributed by atoms with Crippen molar-refractivity contribution in [3.05, 3.63) is 95.1 Å². The zero-order valence-corrected chi connectivity index (χ0v) is 14.2. The van der Waals surface area contributed by atoms with Crippen LogP contribution < -0.4 is 0 Å². The number of benzene rings is 3. The highest BCUT2D eigenvalue weighted by atomic mass is 14.2. The Kier molecular flexibility index (Phi) is 4.62. The molecule has 0 aliphatic carbocycles. The minimum absolute atomic E-state index is 0.436. The van der Waals surface area contributed by atoms with Crippen molar-refractivity contribution in [2.24, 2.45) is 0 Å². The molecule has 0 spiro atoms. The molecule has 0 saturated heterocycles. The van der Waals surface area contributed by atoms with Crippen molar-refractivity contribution in [2.75, 3.05) is 0 Å². The molecule has 3 aromatic carbocycles. The summed E-state index contributed by atoms with van der Waals surface area (Å²) in [4.78, 5) is 0. The Labute approximate surface area is 139 Å². The van der Waals surface area contributed by atoms with E-state index >= 15 is 0 Å². The summed E-state index contributed by atoms with van der Waals surface area (Å²) < 4.78 is 0. The monoisotopic (exact) mass is 300 g/mol. The van der Waals surface area contributed by atoms with Crippen molar-refractivity contribution in [1.29, 1.82) is 0 Å². The van der Waals surface area contributed by atoms with Crippen LogP contribution in [0, 0.1) is 13.8 Å². The van der Waals surface area contributed by atoms with E-state index in [1.165, 1.54) is 33.4 Å². The molecular formula is C23H24. The molecule has 0 aliphatic heterocycles. The van der Waals surface area contributed by atoms with Crippen LogP contribution in [0.15, 0.2) is 72.8 Å². The third-order valence-electron chi connectivity index (χ3n) is 4.63. The first-order chi connectivity index (χ1) is 11.2. The van der Waals surface area contributed by atoms with Gasteiger partial charge in [0.1, 0.15) is 0 Å². The highest BCUT2D eigenvalue weighted by Gasteiger charge is 2.17. The average molecular weight is 300 g/mol. The smallest absolute Gasteiger partial charge is 0.00929 e. The third-order valence-corrected chi connectivity index (χ3v) is 4.63. The summed E-state index contributed by atoms with van der Waals surface area (Å²) in [5.74, 6) is 0.436. The second-order valence-electron chi connectivity index (χ2n) is 6.28. The molecule has 0 radical (unpaired) electrons. The summed E-state index contributed by atoms with van der Waals surface area (Å²) in [6.07, 6.45) is 1.10. The molecule has 3 rings (SSSR count). The van der Waals surface area contributed by atoms with Gasteiger partial charge < -0.3 is 0 Å². The Morgan fingerprint density at radius 3 is 2.13 bits per heavy atom. The molecule has 0 N–H and O–H groups in total. The highest BCUT2D eigenvalue weighted by Crippen LogP contribution is 2.37. The quantitative estimate of drug-likeness (QED) is 0.515. The van der Waals surface area contributed by atoms with E-state index in [0.29, 0.717) is 5.92 Å². The van der Waals surface area contributed by atoms with E-state index in [9.17, 15) is 0 Å². The van der Waals surface area contributed by atoms with Gasteiger partial charge in [-0.25, -0.2) is 0 Å². The summed E-state index contributed by atoms with van der Waals surface area (Å²) in [5.41, 5.74) is 8.21. The molecule has 0 aromatic heterocycles. The zero-order valence-electron chi connectivity index (χ0n) is 14.2. The van der Waals surface area contributed by atoms with Crippen LogP contribution in [0.3, 0.4) is 0 Å². The van der Waals surface area contributed by atoms with Crippen LogP contribution in [-0.2, 0) is 0 Å². The lowest BCUT2D eigenvalue weighted by atomic mass is 9.83. The van der Waals surface area contributed by atoms with Gasteiger partial charge >= 0.3 is 0 Å². The van der Waals surface area contributed by atoms with Crippen molar-refractivity contribution >= 4 is 0 Å². The van der Waals surface area contributed by atoms with Crippen LogP contribution in [0.25, 0.3) is 11.1 Å². The van der Waals surface area contributed by atoms with E-state index in [0.717, 1.165) is 6.42 Å². The van der Waals surface area contributed by atoms with E-state index in [-0.39, 0.29) is 0 Å². The van der Waals surface area contributed by atoms with Gasteiger partial charge in [0.2, 0.25) is 0 Å². The minimum Gasteiger partial charge on any atom is -0.0645 e. The molecule has 0 fully saturated rings. The van der Waals surface area contributed by atoms with Crippen LogP contribution in [0.4, 0.5) is 0 Å². The van der Waals surface area contributed by atoms with Crippen molar-refractivity contribution in [3.63, 3.8) is 0 Å². The number of aryl methyl sites for hydroxylation is 2. The number of rotatable bonds is 4. The van der Waals surface area contributed by atoms with Gasteiger partial charge in [0.25, 0.3) is 0 Å². The van der Waals surface area contributed by atoms with Crippen LogP contribution in [0.1, 0.15) is 41.5 Å². The summed E-state index contributed by atoms with van der Waals surface area (Å²) in [7, 11) is 0. The van der Waals surface area contributed by atoms with Crippen LogP contribution >= 0.6 is 0 Å². The van der Waals surface area contributed by atoms with Gasteiger partial charge in [-0.1, -0.05) is 85.3 Å². The fraction of sp³-hybridized carbons (Fsp3) is 0.217. The van der Waals surface area contributed by atoms with Crippen molar-refractivity contribution in [1.82, 2.24) is 0 Å². The second kappa shape index (κ2) is 6.83. The average Bonchev–Trinajstić information content (AvgIpc) is 2.58. The lowest BCUT2D eigenvalue weighted by molar-refractivity contribution is 0.778. The van der Waals surface area contributed by atoms with E-state index < -0.39 is 0 Å². The van der Waals surface area contributed by atoms with Crippen LogP contribution in [0.5, 0.6) is 0 Å². The van der Waals surface area contributed by atoms with Gasteiger partial charge in [-0.15, -0.1) is 0 Å². The standard InChI is InChI=1S/C23H24/c1-4-20(19-11-6-5-7-12-19)23-16-17(2)14-15-22(23)21-13-9-8-10-18(21)3/h5-16,20H,4H2,1-3H3. The summed E-state index contributed by atoms with van der Waals surface area (Å²) in [6.45, 7) is 6.66. The fourth-order valence-corrected chi connectivity index (χ4v) is 3.41. The summed E-state index contributed by atoms with van der Waals surface area (Å²) >= 11 is 0. The molecule has 1 atom stereocenters. The maximum atomic E-state index is 2.36. The first-order valence-electron chi connectivity index (χ1n) is 8.42. The van der Waals surface area contributed by atoms with Crippen LogP contribution in [-0.4, -0.2) is 0 Å². The number of hydrogen-bond acceptors (Lipinski definition) is 0. The zero-order chi connectivity index (χ0) is 16.2. The van der Waals surface area contributed by atoms with E-state index in [4.69, 9.17) is 0 Å². The normalized spacial score (nSPS) is 12.1. The molecule has 0 heteroatoms. The molecule has 3 aromatic rings. The van der Waals surface area contributed by atoms with Crippen LogP contribution in [0.2, 0.25) is 0 Å². The van der Waals surface area contributed by atoms with Gasteiger partial charge in [-0.05, 0) is 48.1 Å². The predicted molar refractivity (Wildman–Crippen MR) is 99.9 cm³/mol. The predicted octanol–water partition coefficient (Wildman–Crippen LogP) is 6.51. The molecular weight excluding hydrogens is 276 g/mol. The topological polar surface area (TPSA) is 0 Å². The Bertz CT molecular complexity index is 784. The molecule has 0 amide bonds. The maximum absolute atomic E-state index is 2.36. The fourth-order valence-electron chi connectivity index (χ4n) is 3.41. The van der Waals surface area contributed by atoms with Gasteiger partial charge in [0.05, 0.1) is 0 Å². The van der Waals surface area contributed by atoms with Crippen molar-refractivity contribution < 1.29 is 0 Å². The maximum Gasteiger partial charge on any atom is 0.00929 e. The van der Waals surface area contributed by atoms with Gasteiger partial charge in [0.15, 0.2) is 0 Å². The Morgan fingerprint density at radius 1 is 0.739 bits per heavy atom. The first-order valence-corrected chi connectivity index (χ1v) is 8.42. The highest BCUT2D eigenvalue weighted by molar-refractivity contribution is 5.72. The third kappa shape index (κ3) is 3.22. The number of hydrogen-bond donors (Lipinski definition) is 0. The van der Waals surface area contributed by atoms with E-state index in [1.807, 2.05) is 0 Å². The van der Waals surface area contributed by atoms with Gasteiger partial charge in [-0.2, -0.15) is 0 Å². The second-order valence-corrected chi connectivity index (χ2v) is 6.28. The lowest BCUT2D eigenvalue weighted by Gasteiger charge is -2.21.